The standard InChI is InChI=1S/C29H35N3O4S.C2H6/c1-19-16-20(2)25(36-4)17-23(19)26(33)30-21(3)32-13-11-29(12-14-32,18-22-8-6-5-7-9-22)28(35)31-24-10-15-37-27(24)34;1-2/h5-9,16-17,24H,3,10-15,18H2,1-2,4H3,(H,30,33)(H,31,35);1-2H3. The average Bonchev–Trinajstić information content (AvgIpc) is 3.34. The van der Waals surface area contributed by atoms with Crippen molar-refractivity contribution >= 4 is 28.7 Å². The summed E-state index contributed by atoms with van der Waals surface area (Å²) in [6.45, 7) is 13.1. The summed E-state index contributed by atoms with van der Waals surface area (Å²) in [6, 6.07) is 13.3. The van der Waals surface area contributed by atoms with Crippen LogP contribution >= 0.6 is 11.8 Å². The molecule has 2 amide bonds. The van der Waals surface area contributed by atoms with E-state index < -0.39 is 11.5 Å². The van der Waals surface area contributed by atoms with E-state index in [4.69, 9.17) is 4.74 Å². The number of methoxy groups -OCH3 is 1. The maximum Gasteiger partial charge on any atom is 0.257 e. The number of hydrogen-bond donors (Lipinski definition) is 2. The molecule has 8 heteroatoms. The van der Waals surface area contributed by atoms with Gasteiger partial charge in [-0.15, -0.1) is 0 Å². The van der Waals surface area contributed by atoms with Crippen LogP contribution in [-0.4, -0.2) is 53.8 Å². The Kier molecular flexibility index (Phi) is 10.6. The van der Waals surface area contributed by atoms with Gasteiger partial charge in [0.2, 0.25) is 11.0 Å². The fraction of sp³-hybridized carbons (Fsp3) is 0.452. The van der Waals surface area contributed by atoms with Gasteiger partial charge in [-0.25, -0.2) is 0 Å². The van der Waals surface area contributed by atoms with E-state index in [9.17, 15) is 14.4 Å². The number of carbonyl (C=O) groups is 3. The van der Waals surface area contributed by atoms with Crippen LogP contribution in [0.2, 0.25) is 0 Å². The molecule has 1 unspecified atom stereocenters. The predicted molar refractivity (Wildman–Crippen MR) is 158 cm³/mol. The first kappa shape index (κ1) is 30.3. The normalized spacial score (nSPS) is 18.0. The van der Waals surface area contributed by atoms with Crippen molar-refractivity contribution in [1.29, 1.82) is 0 Å². The minimum absolute atomic E-state index is 0.0415. The van der Waals surface area contributed by atoms with Crippen molar-refractivity contribution in [2.75, 3.05) is 26.0 Å². The molecule has 2 aliphatic heterocycles. The van der Waals surface area contributed by atoms with Crippen LogP contribution in [0.25, 0.3) is 0 Å². The molecule has 0 aliphatic carbocycles. The molecule has 2 aliphatic rings. The smallest absolute Gasteiger partial charge is 0.257 e. The summed E-state index contributed by atoms with van der Waals surface area (Å²) in [6.07, 6.45) is 2.46. The first-order valence-electron chi connectivity index (χ1n) is 13.6. The fourth-order valence-corrected chi connectivity index (χ4v) is 6.12. The molecule has 1 atom stereocenters. The highest BCUT2D eigenvalue weighted by Gasteiger charge is 2.43. The van der Waals surface area contributed by atoms with Gasteiger partial charge in [0.1, 0.15) is 11.6 Å². The quantitative estimate of drug-likeness (QED) is 0.480. The van der Waals surface area contributed by atoms with Gasteiger partial charge in [0.25, 0.3) is 5.91 Å². The van der Waals surface area contributed by atoms with E-state index in [0.29, 0.717) is 55.9 Å². The second kappa shape index (κ2) is 13.7. The Bertz CT molecular complexity index is 1190. The molecule has 2 saturated heterocycles. The molecular formula is C31H41N3O4S. The molecule has 39 heavy (non-hydrogen) atoms. The van der Waals surface area contributed by atoms with E-state index in [1.165, 1.54) is 11.8 Å². The van der Waals surface area contributed by atoms with Crippen LogP contribution in [0.15, 0.2) is 54.9 Å². The van der Waals surface area contributed by atoms with Crippen molar-refractivity contribution in [1.82, 2.24) is 15.5 Å². The second-order valence-electron chi connectivity index (χ2n) is 9.95. The van der Waals surface area contributed by atoms with Gasteiger partial charge in [0, 0.05) is 24.4 Å². The van der Waals surface area contributed by atoms with Gasteiger partial charge in [0.15, 0.2) is 0 Å². The monoisotopic (exact) mass is 551 g/mol. The number of nitrogens with one attached hydrogen (secondary N) is 2. The number of hydrogen-bond acceptors (Lipinski definition) is 6. The fourth-order valence-electron chi connectivity index (χ4n) is 5.19. The highest BCUT2D eigenvalue weighted by Crippen LogP contribution is 2.37. The van der Waals surface area contributed by atoms with E-state index in [2.05, 4.69) is 17.2 Å². The zero-order valence-corrected chi connectivity index (χ0v) is 24.6. The molecule has 0 spiro atoms. The summed E-state index contributed by atoms with van der Waals surface area (Å²) in [5.41, 5.74) is 2.83. The predicted octanol–water partition coefficient (Wildman–Crippen LogP) is 5.01. The van der Waals surface area contributed by atoms with Crippen molar-refractivity contribution in [2.45, 2.75) is 59.4 Å². The number of nitrogens with zero attached hydrogens (tertiary/aromatic N) is 1. The molecule has 0 aromatic heterocycles. The molecule has 0 saturated carbocycles. The highest BCUT2D eigenvalue weighted by molar-refractivity contribution is 8.14. The summed E-state index contributed by atoms with van der Waals surface area (Å²) in [5.74, 6) is 1.62. The molecule has 0 radical (unpaired) electrons. The molecule has 4 rings (SSSR count). The van der Waals surface area contributed by atoms with Crippen molar-refractivity contribution in [2.24, 2.45) is 5.41 Å². The minimum Gasteiger partial charge on any atom is -0.496 e. The summed E-state index contributed by atoms with van der Waals surface area (Å²) >= 11 is 1.29. The van der Waals surface area contributed by atoms with E-state index in [-0.39, 0.29) is 16.9 Å². The number of thioether (sulfide) groups is 1. The number of aryl methyl sites for hydroxylation is 2. The number of piperidine rings is 1. The van der Waals surface area contributed by atoms with E-state index in [1.807, 2.05) is 69.0 Å². The lowest BCUT2D eigenvalue weighted by molar-refractivity contribution is -0.135. The third kappa shape index (κ3) is 7.24. The highest BCUT2D eigenvalue weighted by atomic mass is 32.2. The average molecular weight is 552 g/mol. The Morgan fingerprint density at radius 1 is 1.10 bits per heavy atom. The van der Waals surface area contributed by atoms with Gasteiger partial charge in [-0.05, 0) is 62.3 Å². The lowest BCUT2D eigenvalue weighted by Crippen LogP contribution is -2.53. The van der Waals surface area contributed by atoms with Crippen LogP contribution in [0.5, 0.6) is 5.75 Å². The second-order valence-corrected chi connectivity index (χ2v) is 11.0. The first-order chi connectivity index (χ1) is 18.7. The third-order valence-corrected chi connectivity index (χ3v) is 8.46. The number of rotatable bonds is 8. The van der Waals surface area contributed by atoms with Gasteiger partial charge in [0.05, 0.1) is 18.6 Å². The molecule has 2 fully saturated rings. The SMILES string of the molecule is C=C(NC(=O)c1cc(OC)c(C)cc1C)N1CCC(Cc2ccccc2)(C(=O)NC2CCSC2=O)CC1.CC. The Labute approximate surface area is 236 Å². The van der Waals surface area contributed by atoms with Crippen LogP contribution in [0.4, 0.5) is 0 Å². The molecule has 210 valence electrons. The van der Waals surface area contributed by atoms with Crippen molar-refractivity contribution < 1.29 is 19.1 Å². The first-order valence-corrected chi connectivity index (χ1v) is 14.6. The summed E-state index contributed by atoms with van der Waals surface area (Å²) in [7, 11) is 1.59. The molecule has 2 aromatic carbocycles. The van der Waals surface area contributed by atoms with Crippen LogP contribution in [-0.2, 0) is 16.0 Å². The zero-order chi connectivity index (χ0) is 28.6. The minimum atomic E-state index is -0.628. The van der Waals surface area contributed by atoms with Crippen LogP contribution in [0.1, 0.15) is 60.2 Å². The number of amides is 2. The lowest BCUT2D eigenvalue weighted by Gasteiger charge is -2.42. The Balaban J connectivity index is 0.00000205. The topological polar surface area (TPSA) is 87.7 Å². The van der Waals surface area contributed by atoms with Gasteiger partial charge in [-0.2, -0.15) is 0 Å². The van der Waals surface area contributed by atoms with Crippen LogP contribution in [0, 0.1) is 19.3 Å². The maximum absolute atomic E-state index is 13.6. The molecule has 0 bridgehead atoms. The van der Waals surface area contributed by atoms with E-state index in [1.54, 1.807) is 13.2 Å². The number of benzene rings is 2. The van der Waals surface area contributed by atoms with Crippen molar-refractivity contribution in [3.05, 3.63) is 77.1 Å². The van der Waals surface area contributed by atoms with Gasteiger partial charge >= 0.3 is 0 Å². The number of likely N-dealkylation sites (tertiary alicyclic amines) is 1. The molecule has 2 N–H and O–H groups in total. The van der Waals surface area contributed by atoms with Crippen molar-refractivity contribution in [3.8, 4) is 5.75 Å². The molecule has 7 nitrogen and oxygen atoms in total. The third-order valence-electron chi connectivity index (χ3n) is 7.45. The summed E-state index contributed by atoms with van der Waals surface area (Å²) < 4.78 is 5.39. The molecule has 2 heterocycles. The van der Waals surface area contributed by atoms with Crippen LogP contribution in [0.3, 0.4) is 0 Å². The lowest BCUT2D eigenvalue weighted by atomic mass is 9.72. The van der Waals surface area contributed by atoms with E-state index >= 15 is 0 Å². The molecular weight excluding hydrogens is 510 g/mol. The summed E-state index contributed by atoms with van der Waals surface area (Å²) in [4.78, 5) is 40.8. The van der Waals surface area contributed by atoms with E-state index in [0.717, 1.165) is 22.4 Å². The number of carbonyl (C=O) groups excluding carboxylic acids is 3. The van der Waals surface area contributed by atoms with Gasteiger partial charge in [-0.1, -0.05) is 68.6 Å². The Hall–Kier alpha value is -3.26. The Morgan fingerprint density at radius 2 is 1.77 bits per heavy atom. The summed E-state index contributed by atoms with van der Waals surface area (Å²) in [5, 5.41) is 6.03. The maximum atomic E-state index is 13.6. The zero-order valence-electron chi connectivity index (χ0n) is 23.8. The van der Waals surface area contributed by atoms with Gasteiger partial charge < -0.3 is 20.3 Å². The van der Waals surface area contributed by atoms with Crippen LogP contribution < -0.4 is 15.4 Å². The van der Waals surface area contributed by atoms with Gasteiger partial charge in [-0.3, -0.25) is 14.4 Å². The van der Waals surface area contributed by atoms with Crippen molar-refractivity contribution in [3.63, 3.8) is 0 Å². The Morgan fingerprint density at radius 3 is 2.36 bits per heavy atom. The number of ether oxygens (including phenoxy) is 1. The largest absolute Gasteiger partial charge is 0.496 e. The molecule has 2 aromatic rings.